The summed E-state index contributed by atoms with van der Waals surface area (Å²) in [6.07, 6.45) is 2.53. The molecule has 0 amide bonds. The van der Waals surface area contributed by atoms with Crippen molar-refractivity contribution in [1.29, 1.82) is 0 Å². The molecule has 2 rings (SSSR count). The molecule has 90 valence electrons. The Kier molecular flexibility index (Phi) is 3.13. The molecule has 0 aliphatic rings. The molecular weight excluding hydrogens is 216 g/mol. The molecule has 1 heterocycles. The molecule has 0 aliphatic carbocycles. The maximum Gasteiger partial charge on any atom is 0.261 e. The van der Waals surface area contributed by atoms with Crippen LogP contribution in [0.4, 0.5) is 0 Å². The first-order valence-electron chi connectivity index (χ1n) is 5.80. The van der Waals surface area contributed by atoms with E-state index in [1.54, 1.807) is 16.7 Å². The van der Waals surface area contributed by atoms with Gasteiger partial charge in [0.2, 0.25) is 0 Å². The van der Waals surface area contributed by atoms with Crippen molar-refractivity contribution in [3.05, 3.63) is 34.9 Å². The Labute approximate surface area is 99.5 Å². The summed E-state index contributed by atoms with van der Waals surface area (Å²) < 4.78 is 1.61. The molecule has 0 saturated heterocycles. The van der Waals surface area contributed by atoms with Crippen LogP contribution < -0.4 is 5.56 Å². The number of para-hydroxylation sites is 1. The molecule has 0 fully saturated rings. The average Bonchev–Trinajstić information content (AvgIpc) is 2.33. The van der Waals surface area contributed by atoms with Crippen LogP contribution in [0, 0.1) is 5.92 Å². The van der Waals surface area contributed by atoms with Crippen LogP contribution in [0.5, 0.6) is 5.75 Å². The van der Waals surface area contributed by atoms with Crippen LogP contribution in [-0.4, -0.2) is 14.7 Å². The molecule has 17 heavy (non-hydrogen) atoms. The number of hydrogen-bond donors (Lipinski definition) is 1. The third-order valence-electron chi connectivity index (χ3n) is 3.04. The topological polar surface area (TPSA) is 55.1 Å². The molecule has 4 nitrogen and oxygen atoms in total. The average molecular weight is 232 g/mol. The fourth-order valence-electron chi connectivity index (χ4n) is 1.77. The molecule has 2 aromatic rings. The fourth-order valence-corrected chi connectivity index (χ4v) is 1.77. The molecule has 0 saturated carbocycles. The molecule has 0 spiro atoms. The zero-order valence-electron chi connectivity index (χ0n) is 10.1. The molecule has 1 unspecified atom stereocenters. The van der Waals surface area contributed by atoms with E-state index in [1.807, 2.05) is 0 Å². The number of fused-ring (bicyclic) bond motifs is 1. The van der Waals surface area contributed by atoms with Gasteiger partial charge in [-0.3, -0.25) is 9.36 Å². The molecular formula is C13H16N2O2. The lowest BCUT2D eigenvalue weighted by Gasteiger charge is -2.11. The van der Waals surface area contributed by atoms with E-state index >= 15 is 0 Å². The van der Waals surface area contributed by atoms with Crippen molar-refractivity contribution in [2.24, 2.45) is 5.92 Å². The predicted molar refractivity (Wildman–Crippen MR) is 67.1 cm³/mol. The van der Waals surface area contributed by atoms with E-state index in [1.165, 1.54) is 12.4 Å². The lowest BCUT2D eigenvalue weighted by molar-refractivity contribution is 0.456. The third-order valence-corrected chi connectivity index (χ3v) is 3.04. The van der Waals surface area contributed by atoms with Gasteiger partial charge in [-0.15, -0.1) is 0 Å². The largest absolute Gasteiger partial charge is 0.506 e. The van der Waals surface area contributed by atoms with Crippen LogP contribution in [0.2, 0.25) is 0 Å². The van der Waals surface area contributed by atoms with Gasteiger partial charge < -0.3 is 5.11 Å². The van der Waals surface area contributed by atoms with E-state index in [2.05, 4.69) is 18.8 Å². The summed E-state index contributed by atoms with van der Waals surface area (Å²) in [4.78, 5) is 16.3. The van der Waals surface area contributed by atoms with Crippen molar-refractivity contribution in [3.8, 4) is 5.75 Å². The van der Waals surface area contributed by atoms with Gasteiger partial charge in [0.15, 0.2) is 0 Å². The second-order valence-corrected chi connectivity index (χ2v) is 4.39. The van der Waals surface area contributed by atoms with Gasteiger partial charge in [-0.1, -0.05) is 26.3 Å². The fraction of sp³-hybridized carbons (Fsp3) is 0.385. The van der Waals surface area contributed by atoms with Gasteiger partial charge in [0, 0.05) is 6.54 Å². The van der Waals surface area contributed by atoms with Crippen molar-refractivity contribution < 1.29 is 5.11 Å². The lowest BCUT2D eigenvalue weighted by Crippen LogP contribution is -2.23. The predicted octanol–water partition coefficient (Wildman–Crippen LogP) is 2.15. The van der Waals surface area contributed by atoms with Gasteiger partial charge in [0.25, 0.3) is 5.56 Å². The van der Waals surface area contributed by atoms with Crippen molar-refractivity contribution in [3.63, 3.8) is 0 Å². The maximum absolute atomic E-state index is 12.1. The summed E-state index contributed by atoms with van der Waals surface area (Å²) in [5.41, 5.74) is 0.282. The summed E-state index contributed by atoms with van der Waals surface area (Å²) in [5, 5.41) is 10.1. The second kappa shape index (κ2) is 4.57. The normalized spacial score (nSPS) is 12.8. The summed E-state index contributed by atoms with van der Waals surface area (Å²) in [6.45, 7) is 4.85. The highest BCUT2D eigenvalue weighted by molar-refractivity contribution is 5.82. The standard InChI is InChI=1S/C13H16N2O2/c1-3-9(2)7-15-8-14-12-10(13(15)17)5-4-6-11(12)16/h4-6,8-9,16H,3,7H2,1-2H3. The van der Waals surface area contributed by atoms with E-state index in [0.717, 1.165) is 6.42 Å². The molecule has 1 aromatic heterocycles. The SMILES string of the molecule is CCC(C)Cn1cnc2c(O)cccc2c1=O. The zero-order valence-corrected chi connectivity index (χ0v) is 10.1. The van der Waals surface area contributed by atoms with E-state index in [0.29, 0.717) is 23.4 Å². The van der Waals surface area contributed by atoms with E-state index in [-0.39, 0.29) is 11.3 Å². The number of aromatic hydroxyl groups is 1. The Bertz CT molecular complexity index is 589. The minimum absolute atomic E-state index is 0.0512. The van der Waals surface area contributed by atoms with Crippen LogP contribution >= 0.6 is 0 Å². The van der Waals surface area contributed by atoms with E-state index < -0.39 is 0 Å². The van der Waals surface area contributed by atoms with Gasteiger partial charge in [-0.25, -0.2) is 4.98 Å². The molecule has 0 aliphatic heterocycles. The molecule has 1 atom stereocenters. The van der Waals surface area contributed by atoms with Crippen LogP contribution in [0.25, 0.3) is 10.9 Å². The summed E-state index contributed by atoms with van der Waals surface area (Å²) in [7, 11) is 0. The maximum atomic E-state index is 12.1. The van der Waals surface area contributed by atoms with Crippen molar-refractivity contribution in [2.45, 2.75) is 26.8 Å². The molecule has 1 aromatic carbocycles. The number of aromatic nitrogens is 2. The Morgan fingerprint density at radius 2 is 2.24 bits per heavy atom. The van der Waals surface area contributed by atoms with Gasteiger partial charge in [0.05, 0.1) is 11.7 Å². The van der Waals surface area contributed by atoms with Gasteiger partial charge >= 0.3 is 0 Å². The molecule has 0 bridgehead atoms. The first kappa shape index (κ1) is 11.6. The Balaban J connectivity index is 2.55. The minimum atomic E-state index is -0.0915. The van der Waals surface area contributed by atoms with Crippen molar-refractivity contribution in [1.82, 2.24) is 9.55 Å². The number of phenolic OH excluding ortho intramolecular Hbond substituents is 1. The number of nitrogens with zero attached hydrogens (tertiary/aromatic N) is 2. The molecule has 0 radical (unpaired) electrons. The molecule has 4 heteroatoms. The number of phenols is 1. The highest BCUT2D eigenvalue weighted by Gasteiger charge is 2.08. The number of rotatable bonds is 3. The first-order valence-corrected chi connectivity index (χ1v) is 5.80. The van der Waals surface area contributed by atoms with E-state index in [4.69, 9.17) is 0 Å². The summed E-state index contributed by atoms with van der Waals surface area (Å²) in [6, 6.07) is 4.89. The van der Waals surface area contributed by atoms with Crippen LogP contribution in [-0.2, 0) is 6.54 Å². The lowest BCUT2D eigenvalue weighted by atomic mass is 10.1. The van der Waals surface area contributed by atoms with Crippen LogP contribution in [0.1, 0.15) is 20.3 Å². The van der Waals surface area contributed by atoms with Crippen LogP contribution in [0.15, 0.2) is 29.3 Å². The van der Waals surface area contributed by atoms with Gasteiger partial charge in [0.1, 0.15) is 11.3 Å². The van der Waals surface area contributed by atoms with Crippen molar-refractivity contribution in [2.75, 3.05) is 0 Å². The quantitative estimate of drug-likeness (QED) is 0.882. The smallest absolute Gasteiger partial charge is 0.261 e. The zero-order chi connectivity index (χ0) is 12.4. The van der Waals surface area contributed by atoms with Gasteiger partial charge in [-0.05, 0) is 18.1 Å². The highest BCUT2D eigenvalue weighted by Crippen LogP contribution is 2.18. The van der Waals surface area contributed by atoms with Gasteiger partial charge in [-0.2, -0.15) is 0 Å². The monoisotopic (exact) mass is 232 g/mol. The molecule has 1 N–H and O–H groups in total. The highest BCUT2D eigenvalue weighted by atomic mass is 16.3. The summed E-state index contributed by atoms with van der Waals surface area (Å²) >= 11 is 0. The second-order valence-electron chi connectivity index (χ2n) is 4.39. The Morgan fingerprint density at radius 1 is 1.47 bits per heavy atom. The van der Waals surface area contributed by atoms with Crippen LogP contribution in [0.3, 0.4) is 0 Å². The first-order chi connectivity index (χ1) is 8.13. The Morgan fingerprint density at radius 3 is 2.94 bits per heavy atom. The van der Waals surface area contributed by atoms with Crippen molar-refractivity contribution >= 4 is 10.9 Å². The number of benzene rings is 1. The Hall–Kier alpha value is -1.84. The number of hydrogen-bond acceptors (Lipinski definition) is 3. The minimum Gasteiger partial charge on any atom is -0.506 e. The summed E-state index contributed by atoms with van der Waals surface area (Å²) in [5.74, 6) is 0.486. The van der Waals surface area contributed by atoms with E-state index in [9.17, 15) is 9.90 Å². The third kappa shape index (κ3) is 2.16.